The summed E-state index contributed by atoms with van der Waals surface area (Å²) in [5.74, 6) is 0.237. The van der Waals surface area contributed by atoms with Crippen LogP contribution in [0.4, 0.5) is 15.9 Å². The molecule has 0 aliphatic heterocycles. The third-order valence-electron chi connectivity index (χ3n) is 3.72. The van der Waals surface area contributed by atoms with Crippen LogP contribution in [0.2, 0.25) is 0 Å². The Balaban J connectivity index is 0.000000397. The lowest BCUT2D eigenvalue weighted by molar-refractivity contribution is 0.111. The first-order chi connectivity index (χ1) is 12.1. The Labute approximate surface area is 146 Å². The summed E-state index contributed by atoms with van der Waals surface area (Å²) in [4.78, 5) is 15.3. The number of rotatable bonds is 2. The van der Waals surface area contributed by atoms with Gasteiger partial charge in [-0.15, -0.1) is 0 Å². The van der Waals surface area contributed by atoms with Gasteiger partial charge >= 0.3 is 0 Å². The number of nitrogen functional groups attached to an aromatic ring is 2. The maximum Gasteiger partial charge on any atom is 0.170 e. The molecule has 0 saturated heterocycles. The van der Waals surface area contributed by atoms with Gasteiger partial charge in [0.05, 0.1) is 7.18 Å². The van der Waals surface area contributed by atoms with E-state index in [1.165, 1.54) is 19.3 Å². The number of benzene rings is 1. The van der Waals surface area contributed by atoms with Crippen LogP contribution in [-0.4, -0.2) is 22.8 Å². The van der Waals surface area contributed by atoms with Gasteiger partial charge in [0.15, 0.2) is 12.1 Å². The molecule has 4 N–H and O–H groups in total. The van der Waals surface area contributed by atoms with Crippen LogP contribution in [0.1, 0.15) is 35.3 Å². The third-order valence-corrected chi connectivity index (χ3v) is 3.72. The van der Waals surface area contributed by atoms with Crippen LogP contribution in [0.5, 0.6) is 0 Å². The van der Waals surface area contributed by atoms with Crippen molar-refractivity contribution in [3.05, 3.63) is 47.8 Å². The predicted octanol–water partition coefficient (Wildman–Crippen LogP) is 4.04. The molecule has 0 amide bonds. The fourth-order valence-corrected chi connectivity index (χ4v) is 2.31. The molecule has 2 aromatic heterocycles. The number of hydrogen-bond donors (Lipinski definition) is 2. The first-order valence-electron chi connectivity index (χ1n) is 8.07. The number of pyridine rings is 1. The molecule has 1 saturated carbocycles. The molecule has 6 heteroatoms. The third kappa shape index (κ3) is 4.35. The molecular weight excluding hydrogens is 319 g/mol. The number of hydrogen-bond acceptors (Lipinski definition) is 4. The summed E-state index contributed by atoms with van der Waals surface area (Å²) in [7, 11) is 0.500. The summed E-state index contributed by atoms with van der Waals surface area (Å²) in [6.07, 6.45) is 7.07. The molecule has 3 aromatic rings. The maximum absolute atomic E-state index is 11.1. The van der Waals surface area contributed by atoms with E-state index in [2.05, 4.69) is 4.98 Å². The number of carbonyl (C=O) groups is 1. The van der Waals surface area contributed by atoms with Crippen molar-refractivity contribution >= 4 is 23.4 Å². The smallest absolute Gasteiger partial charge is 0.170 e. The molecule has 1 aliphatic rings. The first-order valence-corrected chi connectivity index (χ1v) is 8.07. The molecule has 0 atom stereocenters. The minimum Gasteiger partial charge on any atom is -0.399 e. The number of alkyl halides is 1. The van der Waals surface area contributed by atoms with Crippen molar-refractivity contribution in [2.45, 2.75) is 26.2 Å². The minimum absolute atomic E-state index is 0.237. The molecule has 1 aromatic carbocycles. The van der Waals surface area contributed by atoms with Crippen molar-refractivity contribution in [1.82, 2.24) is 9.38 Å². The summed E-state index contributed by atoms with van der Waals surface area (Å²) in [6.45, 7) is 2.02. The topological polar surface area (TPSA) is 86.4 Å². The molecule has 0 bridgehead atoms. The highest BCUT2D eigenvalue weighted by Gasteiger charge is 2.10. The van der Waals surface area contributed by atoms with Gasteiger partial charge in [0.2, 0.25) is 0 Å². The zero-order chi connectivity index (χ0) is 18.4. The predicted molar refractivity (Wildman–Crippen MR) is 100 cm³/mol. The summed E-state index contributed by atoms with van der Waals surface area (Å²) < 4.78 is 11.2. The fraction of sp³-hybridized carbons (Fsp3) is 0.263. The van der Waals surface area contributed by atoms with Crippen LogP contribution >= 0.6 is 0 Å². The van der Waals surface area contributed by atoms with Crippen LogP contribution in [0.3, 0.4) is 0 Å². The Hall–Kier alpha value is -2.89. The van der Waals surface area contributed by atoms with E-state index in [1.807, 2.05) is 43.5 Å². The highest BCUT2D eigenvalue weighted by molar-refractivity contribution is 5.83. The lowest BCUT2D eigenvalue weighted by atomic mass is 10.0. The van der Waals surface area contributed by atoms with Gasteiger partial charge in [-0.2, -0.15) is 0 Å². The van der Waals surface area contributed by atoms with Gasteiger partial charge in [-0.25, -0.2) is 4.98 Å². The van der Waals surface area contributed by atoms with Crippen molar-refractivity contribution in [1.29, 1.82) is 0 Å². The van der Waals surface area contributed by atoms with Crippen LogP contribution in [-0.2, 0) is 0 Å². The monoisotopic (exact) mass is 342 g/mol. The average Bonchev–Trinajstić information content (AvgIpc) is 3.47. The number of anilines is 2. The number of aromatic nitrogens is 2. The van der Waals surface area contributed by atoms with Gasteiger partial charge in [-0.3, -0.25) is 13.6 Å². The minimum atomic E-state index is 0.237. The maximum atomic E-state index is 11.1. The Bertz CT molecular complexity index is 868. The summed E-state index contributed by atoms with van der Waals surface area (Å²) in [5.41, 5.74) is 16.4. The molecule has 0 spiro atoms. The Morgan fingerprint density at radius 2 is 1.80 bits per heavy atom. The van der Waals surface area contributed by atoms with E-state index in [9.17, 15) is 9.18 Å². The van der Waals surface area contributed by atoms with E-state index in [0.29, 0.717) is 30.5 Å². The zero-order valence-electron chi connectivity index (χ0n) is 14.5. The second-order valence-electron chi connectivity index (χ2n) is 5.78. The number of nitrogens with two attached hydrogens (primary N) is 2. The normalized spacial score (nSPS) is 11.8. The highest BCUT2D eigenvalue weighted by Crippen LogP contribution is 2.27. The lowest BCUT2D eigenvalue weighted by Crippen LogP contribution is -1.96. The van der Waals surface area contributed by atoms with Crippen molar-refractivity contribution in [3.63, 3.8) is 0 Å². The molecule has 2 heterocycles. The Kier molecular flexibility index (Phi) is 6.11. The quantitative estimate of drug-likeness (QED) is 0.543. The number of halogens is 1. The summed E-state index contributed by atoms with van der Waals surface area (Å²) in [5, 5.41) is 0. The van der Waals surface area contributed by atoms with E-state index in [1.54, 1.807) is 4.40 Å². The summed E-state index contributed by atoms with van der Waals surface area (Å²) >= 11 is 0. The van der Waals surface area contributed by atoms with Gasteiger partial charge in [0, 0.05) is 11.9 Å². The number of imidazole rings is 1. The largest absolute Gasteiger partial charge is 0.399 e. The van der Waals surface area contributed by atoms with Crippen LogP contribution in [0.25, 0.3) is 16.8 Å². The van der Waals surface area contributed by atoms with Gasteiger partial charge in [0.1, 0.15) is 11.3 Å². The zero-order valence-corrected chi connectivity index (χ0v) is 14.5. The van der Waals surface area contributed by atoms with Crippen molar-refractivity contribution in [2.24, 2.45) is 0 Å². The van der Waals surface area contributed by atoms with E-state index in [-0.39, 0.29) is 5.82 Å². The molecule has 0 unspecified atom stereocenters. The molecule has 4 rings (SSSR count). The highest BCUT2D eigenvalue weighted by atomic mass is 19.1. The van der Waals surface area contributed by atoms with Crippen LogP contribution < -0.4 is 11.5 Å². The van der Waals surface area contributed by atoms with Gasteiger partial charge < -0.3 is 11.5 Å². The fourth-order valence-electron chi connectivity index (χ4n) is 2.31. The molecule has 1 fully saturated rings. The van der Waals surface area contributed by atoms with Crippen LogP contribution in [0.15, 0.2) is 36.5 Å². The molecule has 1 aliphatic carbocycles. The van der Waals surface area contributed by atoms with E-state index >= 15 is 0 Å². The standard InChI is InChI=1S/C15H14N4O.C3H6.CH3F/c1-9-2-4-11(16)6-12(9)10-3-5-14-18-15(17)13(8-20)19(14)7-10;1-2-3-1;1-2/h2-8H,16-17H2,1H3;1-3H2;1H3. The van der Waals surface area contributed by atoms with Crippen LogP contribution in [0, 0.1) is 6.92 Å². The first kappa shape index (κ1) is 18.4. The average molecular weight is 342 g/mol. The molecule has 25 heavy (non-hydrogen) atoms. The van der Waals surface area contributed by atoms with Gasteiger partial charge in [-0.1, -0.05) is 25.3 Å². The Morgan fingerprint density at radius 3 is 2.40 bits per heavy atom. The number of fused-ring (bicyclic) bond motifs is 1. The van der Waals surface area contributed by atoms with Crippen molar-refractivity contribution < 1.29 is 9.18 Å². The molecule has 0 radical (unpaired) electrons. The number of aldehydes is 1. The van der Waals surface area contributed by atoms with Gasteiger partial charge in [0.25, 0.3) is 0 Å². The SMILES string of the molecule is C1CC1.CF.Cc1ccc(N)cc1-c1ccc2nc(N)c(C=O)n2c1. The number of nitrogens with zero attached hydrogens (tertiary/aromatic N) is 2. The lowest BCUT2D eigenvalue weighted by Gasteiger charge is -2.08. The summed E-state index contributed by atoms with van der Waals surface area (Å²) in [6, 6.07) is 9.53. The molecular formula is C19H23FN4O. The number of aryl methyl sites for hydroxylation is 1. The number of carbonyl (C=O) groups excluding carboxylic acids is 1. The van der Waals surface area contributed by atoms with E-state index < -0.39 is 0 Å². The van der Waals surface area contributed by atoms with Crippen molar-refractivity contribution in [2.75, 3.05) is 18.6 Å². The van der Waals surface area contributed by atoms with Crippen molar-refractivity contribution in [3.8, 4) is 11.1 Å². The van der Waals surface area contributed by atoms with E-state index in [0.717, 1.165) is 16.7 Å². The van der Waals surface area contributed by atoms with Gasteiger partial charge in [-0.05, 0) is 47.9 Å². The Morgan fingerprint density at radius 1 is 1.12 bits per heavy atom. The second kappa shape index (κ2) is 8.28. The molecule has 5 nitrogen and oxygen atoms in total. The van der Waals surface area contributed by atoms with E-state index in [4.69, 9.17) is 11.5 Å². The molecule has 132 valence electrons. The second-order valence-corrected chi connectivity index (χ2v) is 5.78.